The smallest absolute Gasteiger partial charge is 0.165 e. The highest BCUT2D eigenvalue weighted by atomic mass is 32.1. The molecule has 2 rings (SSSR count). The minimum Gasteiger partial charge on any atom is -0.494 e. The number of hydrogen-bond acceptors (Lipinski definition) is 4. The molecule has 1 heterocycles. The monoisotopic (exact) mass is 280 g/mol. The summed E-state index contributed by atoms with van der Waals surface area (Å²) in [5.41, 5.74) is 1.91. The molecule has 0 aliphatic rings. The van der Waals surface area contributed by atoms with Gasteiger partial charge in [-0.05, 0) is 31.5 Å². The molecule has 1 aromatic heterocycles. The van der Waals surface area contributed by atoms with E-state index in [1.807, 2.05) is 25.3 Å². The lowest BCUT2D eigenvalue weighted by atomic mass is 10.1. The Kier molecular flexibility index (Phi) is 4.50. The van der Waals surface area contributed by atoms with Gasteiger partial charge in [-0.3, -0.25) is 0 Å². The minimum atomic E-state index is -0.335. The van der Waals surface area contributed by atoms with Gasteiger partial charge in [-0.15, -0.1) is 11.3 Å². The SMILES string of the molecule is COc1ccc(C(C)NCc2csc(C)n2)cc1F. The van der Waals surface area contributed by atoms with Gasteiger partial charge in [0.25, 0.3) is 0 Å². The number of aryl methyl sites for hydroxylation is 1. The van der Waals surface area contributed by atoms with Crippen molar-refractivity contribution >= 4 is 11.3 Å². The molecular formula is C14H17FN2OS. The zero-order valence-corrected chi connectivity index (χ0v) is 12.1. The van der Waals surface area contributed by atoms with Crippen LogP contribution in [0.5, 0.6) is 5.75 Å². The van der Waals surface area contributed by atoms with Crippen LogP contribution in [0.2, 0.25) is 0 Å². The van der Waals surface area contributed by atoms with Crippen LogP contribution < -0.4 is 10.1 Å². The van der Waals surface area contributed by atoms with E-state index in [4.69, 9.17) is 4.74 Å². The number of nitrogens with zero attached hydrogens (tertiary/aromatic N) is 1. The van der Waals surface area contributed by atoms with Crippen LogP contribution in [0.25, 0.3) is 0 Å². The predicted molar refractivity (Wildman–Crippen MR) is 75.1 cm³/mol. The molecule has 1 unspecified atom stereocenters. The highest BCUT2D eigenvalue weighted by Crippen LogP contribution is 2.22. The van der Waals surface area contributed by atoms with E-state index >= 15 is 0 Å². The third-order valence-electron chi connectivity index (χ3n) is 2.93. The first-order valence-electron chi connectivity index (χ1n) is 6.08. The fourth-order valence-corrected chi connectivity index (χ4v) is 2.43. The Bertz CT molecular complexity index is 556. The first-order chi connectivity index (χ1) is 9.10. The van der Waals surface area contributed by atoms with E-state index in [2.05, 4.69) is 10.3 Å². The highest BCUT2D eigenvalue weighted by molar-refractivity contribution is 7.09. The lowest BCUT2D eigenvalue weighted by molar-refractivity contribution is 0.385. The first-order valence-corrected chi connectivity index (χ1v) is 6.96. The molecular weight excluding hydrogens is 263 g/mol. The van der Waals surface area contributed by atoms with Crippen LogP contribution in [0.3, 0.4) is 0 Å². The molecule has 0 saturated heterocycles. The second-order valence-corrected chi connectivity index (χ2v) is 5.42. The topological polar surface area (TPSA) is 34.1 Å². The molecule has 0 aliphatic heterocycles. The van der Waals surface area contributed by atoms with E-state index in [-0.39, 0.29) is 17.6 Å². The Morgan fingerprint density at radius 2 is 2.26 bits per heavy atom. The summed E-state index contributed by atoms with van der Waals surface area (Å²) >= 11 is 1.63. The van der Waals surface area contributed by atoms with Crippen molar-refractivity contribution in [3.05, 3.63) is 45.7 Å². The van der Waals surface area contributed by atoms with Crippen molar-refractivity contribution in [1.82, 2.24) is 10.3 Å². The molecule has 0 spiro atoms. The van der Waals surface area contributed by atoms with Crippen molar-refractivity contribution in [2.24, 2.45) is 0 Å². The summed E-state index contributed by atoms with van der Waals surface area (Å²) in [6, 6.07) is 5.08. The number of benzene rings is 1. The molecule has 19 heavy (non-hydrogen) atoms. The molecule has 0 aliphatic carbocycles. The third-order valence-corrected chi connectivity index (χ3v) is 3.75. The van der Waals surface area contributed by atoms with Gasteiger partial charge >= 0.3 is 0 Å². The second kappa shape index (κ2) is 6.12. The highest BCUT2D eigenvalue weighted by Gasteiger charge is 2.09. The van der Waals surface area contributed by atoms with Crippen molar-refractivity contribution < 1.29 is 9.13 Å². The second-order valence-electron chi connectivity index (χ2n) is 4.35. The van der Waals surface area contributed by atoms with Gasteiger partial charge in [0.1, 0.15) is 0 Å². The Morgan fingerprint density at radius 1 is 1.47 bits per heavy atom. The quantitative estimate of drug-likeness (QED) is 0.911. The van der Waals surface area contributed by atoms with Crippen LogP contribution in [0.15, 0.2) is 23.6 Å². The van der Waals surface area contributed by atoms with Crippen molar-refractivity contribution in [2.75, 3.05) is 7.11 Å². The minimum absolute atomic E-state index is 0.0578. The number of halogens is 1. The predicted octanol–water partition coefficient (Wildman–Crippen LogP) is 3.45. The van der Waals surface area contributed by atoms with E-state index in [1.165, 1.54) is 13.2 Å². The molecule has 1 atom stereocenters. The molecule has 1 N–H and O–H groups in total. The number of ether oxygens (including phenoxy) is 1. The van der Waals surface area contributed by atoms with Gasteiger partial charge in [-0.2, -0.15) is 0 Å². The van der Waals surface area contributed by atoms with Crippen molar-refractivity contribution in [3.8, 4) is 5.75 Å². The van der Waals surface area contributed by atoms with Gasteiger partial charge in [0.15, 0.2) is 11.6 Å². The summed E-state index contributed by atoms with van der Waals surface area (Å²) < 4.78 is 18.5. The van der Waals surface area contributed by atoms with E-state index in [1.54, 1.807) is 17.4 Å². The van der Waals surface area contributed by atoms with Crippen molar-refractivity contribution in [2.45, 2.75) is 26.4 Å². The average Bonchev–Trinajstić information content (AvgIpc) is 2.81. The molecule has 102 valence electrons. The Morgan fingerprint density at radius 3 is 2.84 bits per heavy atom. The van der Waals surface area contributed by atoms with Crippen LogP contribution in [-0.2, 0) is 6.54 Å². The summed E-state index contributed by atoms with van der Waals surface area (Å²) in [6.07, 6.45) is 0. The Labute approximate surface area is 116 Å². The van der Waals surface area contributed by atoms with Gasteiger partial charge < -0.3 is 10.1 Å². The van der Waals surface area contributed by atoms with Gasteiger partial charge in [0, 0.05) is 18.0 Å². The lowest BCUT2D eigenvalue weighted by Gasteiger charge is -2.14. The molecule has 0 amide bonds. The van der Waals surface area contributed by atoms with E-state index in [9.17, 15) is 4.39 Å². The molecule has 0 bridgehead atoms. The van der Waals surface area contributed by atoms with E-state index in [0.29, 0.717) is 6.54 Å². The summed E-state index contributed by atoms with van der Waals surface area (Å²) in [4.78, 5) is 4.38. The summed E-state index contributed by atoms with van der Waals surface area (Å²) in [5, 5.41) is 6.42. The maximum Gasteiger partial charge on any atom is 0.165 e. The van der Waals surface area contributed by atoms with Crippen LogP contribution in [-0.4, -0.2) is 12.1 Å². The summed E-state index contributed by atoms with van der Waals surface area (Å²) in [7, 11) is 1.46. The zero-order valence-electron chi connectivity index (χ0n) is 11.2. The fourth-order valence-electron chi connectivity index (χ4n) is 1.82. The lowest BCUT2D eigenvalue weighted by Crippen LogP contribution is -2.18. The number of thiazole rings is 1. The van der Waals surface area contributed by atoms with Crippen LogP contribution >= 0.6 is 11.3 Å². The van der Waals surface area contributed by atoms with Gasteiger partial charge in [-0.1, -0.05) is 6.07 Å². The van der Waals surface area contributed by atoms with Crippen molar-refractivity contribution in [1.29, 1.82) is 0 Å². The number of rotatable bonds is 5. The van der Waals surface area contributed by atoms with Gasteiger partial charge in [-0.25, -0.2) is 9.37 Å². The summed E-state index contributed by atoms with van der Waals surface area (Å²) in [6.45, 7) is 4.66. The van der Waals surface area contributed by atoms with E-state index in [0.717, 1.165) is 16.3 Å². The van der Waals surface area contributed by atoms with Crippen LogP contribution in [0.1, 0.15) is 29.2 Å². The zero-order chi connectivity index (χ0) is 13.8. The van der Waals surface area contributed by atoms with Crippen LogP contribution in [0.4, 0.5) is 4.39 Å². The molecule has 3 nitrogen and oxygen atoms in total. The molecule has 0 saturated carbocycles. The normalized spacial score (nSPS) is 12.4. The third kappa shape index (κ3) is 3.52. The van der Waals surface area contributed by atoms with Crippen molar-refractivity contribution in [3.63, 3.8) is 0 Å². The number of hydrogen-bond donors (Lipinski definition) is 1. The number of aromatic nitrogens is 1. The molecule has 2 aromatic rings. The van der Waals surface area contributed by atoms with Crippen LogP contribution in [0, 0.1) is 12.7 Å². The maximum atomic E-state index is 13.6. The molecule has 1 aromatic carbocycles. The molecule has 5 heteroatoms. The fraction of sp³-hybridized carbons (Fsp3) is 0.357. The number of nitrogens with one attached hydrogen (secondary N) is 1. The van der Waals surface area contributed by atoms with Gasteiger partial charge in [0.2, 0.25) is 0 Å². The maximum absolute atomic E-state index is 13.6. The first kappa shape index (κ1) is 14.0. The number of methoxy groups -OCH3 is 1. The largest absolute Gasteiger partial charge is 0.494 e. The van der Waals surface area contributed by atoms with Gasteiger partial charge in [0.05, 0.1) is 17.8 Å². The Hall–Kier alpha value is -1.46. The Balaban J connectivity index is 1.99. The molecule has 0 radical (unpaired) electrons. The average molecular weight is 280 g/mol. The summed E-state index contributed by atoms with van der Waals surface area (Å²) in [5.74, 6) is -0.0655. The standard InChI is InChI=1S/C14H17FN2OS/c1-9(16-7-12-8-19-10(2)17-12)11-4-5-14(18-3)13(15)6-11/h4-6,8-9,16H,7H2,1-3H3. The molecule has 0 fully saturated rings. The van der Waals surface area contributed by atoms with E-state index < -0.39 is 0 Å².